The van der Waals surface area contributed by atoms with Crippen LogP contribution in [0.15, 0.2) is 243 Å². The van der Waals surface area contributed by atoms with Gasteiger partial charge in [0, 0.05) is 61.6 Å². The maximum Gasteiger partial charge on any atom is 0.252 e. The molecule has 0 N–H and O–H groups in total. The molecule has 72 heavy (non-hydrogen) atoms. The molecule has 10 aromatic carbocycles. The monoisotopic (exact) mass is 917 g/mol. The molecular formula is C64H40BN7. The number of hydrogen-bond donors (Lipinski definition) is 0. The van der Waals surface area contributed by atoms with Gasteiger partial charge in [-0.3, -0.25) is 0 Å². The summed E-state index contributed by atoms with van der Waals surface area (Å²) in [5, 5.41) is 13.4. The number of fused-ring (bicyclic) bond motifs is 7. The molecule has 0 saturated carbocycles. The highest BCUT2D eigenvalue weighted by molar-refractivity contribution is 7.00. The van der Waals surface area contributed by atoms with Gasteiger partial charge in [-0.2, -0.15) is 5.26 Å². The zero-order valence-electron chi connectivity index (χ0n) is 38.8. The van der Waals surface area contributed by atoms with E-state index in [9.17, 15) is 5.26 Å². The van der Waals surface area contributed by atoms with Crippen LogP contribution in [0.25, 0.3) is 72.8 Å². The molecule has 8 heteroatoms. The average molecular weight is 918 g/mol. The van der Waals surface area contributed by atoms with E-state index >= 15 is 0 Å². The lowest BCUT2D eigenvalue weighted by molar-refractivity contribution is 1.07. The molecule has 2 aliphatic rings. The van der Waals surface area contributed by atoms with Crippen LogP contribution in [0.1, 0.15) is 5.56 Å². The van der Waals surface area contributed by atoms with Gasteiger partial charge in [-0.15, -0.1) is 0 Å². The summed E-state index contributed by atoms with van der Waals surface area (Å²) in [5.74, 6) is 1.51. The zero-order chi connectivity index (χ0) is 47.7. The standard InChI is InChI=1S/C64H40BN7/c66-41-51-49(64-68-62(42-20-5-1-6-21-42)67-63(69-64)43-22-7-2-8-23-43)29-19-35-55(51)72-54-32-16-13-28-48(54)50-38-44(36-37-56(50)72)45-39-59-61-60(40-45)71(47-26-11-4-12-27-47)58-34-18-15-31-53(58)65(61)52-30-14-17-33-57(52)70(59)46-24-9-3-10-25-46/h1-40H. The van der Waals surface area contributed by atoms with Crippen LogP contribution in [-0.2, 0) is 0 Å². The summed E-state index contributed by atoms with van der Waals surface area (Å²) >= 11 is 0. The fourth-order valence-corrected chi connectivity index (χ4v) is 11.1. The summed E-state index contributed by atoms with van der Waals surface area (Å²) in [6.07, 6.45) is 0. The van der Waals surface area contributed by atoms with Crippen LogP contribution in [0.4, 0.5) is 34.1 Å². The molecule has 334 valence electrons. The lowest BCUT2D eigenvalue weighted by Gasteiger charge is -2.44. The van der Waals surface area contributed by atoms with Gasteiger partial charge in [0.05, 0.1) is 22.3 Å². The lowest BCUT2D eigenvalue weighted by Crippen LogP contribution is -2.61. The van der Waals surface area contributed by atoms with Gasteiger partial charge in [-0.05, 0) is 106 Å². The van der Waals surface area contributed by atoms with Crippen LogP contribution >= 0.6 is 0 Å². The van der Waals surface area contributed by atoms with E-state index in [-0.39, 0.29) is 6.71 Å². The largest absolute Gasteiger partial charge is 0.311 e. The smallest absolute Gasteiger partial charge is 0.252 e. The van der Waals surface area contributed by atoms with Crippen molar-refractivity contribution in [2.24, 2.45) is 0 Å². The first-order valence-electron chi connectivity index (χ1n) is 24.2. The SMILES string of the molecule is N#Cc1c(-c2nc(-c3ccccc3)nc(-c3ccccc3)n2)cccc1-n1c2ccccc2c2cc(-c3cc4c5c(c3)N(c3ccccc3)c3ccccc3B5c3ccccc3N4c3ccccc3)ccc21. The van der Waals surface area contributed by atoms with E-state index in [1.54, 1.807) is 0 Å². The van der Waals surface area contributed by atoms with Crippen molar-refractivity contribution in [2.45, 2.75) is 0 Å². The highest BCUT2D eigenvalue weighted by Gasteiger charge is 2.43. The van der Waals surface area contributed by atoms with Crippen molar-refractivity contribution in [2.75, 3.05) is 9.80 Å². The molecule has 0 fully saturated rings. The quantitative estimate of drug-likeness (QED) is 0.148. The molecule has 0 saturated heterocycles. The van der Waals surface area contributed by atoms with Gasteiger partial charge in [0.15, 0.2) is 17.5 Å². The van der Waals surface area contributed by atoms with Gasteiger partial charge in [0.25, 0.3) is 6.71 Å². The normalized spacial score (nSPS) is 12.3. The predicted octanol–water partition coefficient (Wildman–Crippen LogP) is 13.6. The van der Waals surface area contributed by atoms with Crippen molar-refractivity contribution in [3.05, 3.63) is 248 Å². The van der Waals surface area contributed by atoms with Gasteiger partial charge < -0.3 is 14.4 Å². The van der Waals surface area contributed by atoms with E-state index in [2.05, 4.69) is 184 Å². The van der Waals surface area contributed by atoms with Crippen LogP contribution in [0, 0.1) is 11.3 Å². The van der Waals surface area contributed by atoms with Crippen molar-refractivity contribution in [3.63, 3.8) is 0 Å². The molecule has 0 unspecified atom stereocenters. The van der Waals surface area contributed by atoms with Crippen LogP contribution in [0.3, 0.4) is 0 Å². The Morgan fingerprint density at radius 3 is 1.43 bits per heavy atom. The second kappa shape index (κ2) is 16.7. The number of nitriles is 1. The number of nitrogens with zero attached hydrogens (tertiary/aromatic N) is 7. The van der Waals surface area contributed by atoms with Gasteiger partial charge in [0.2, 0.25) is 0 Å². The molecule has 0 radical (unpaired) electrons. The highest BCUT2D eigenvalue weighted by atomic mass is 15.2. The van der Waals surface area contributed by atoms with Gasteiger partial charge >= 0.3 is 0 Å². The summed E-state index contributed by atoms with van der Waals surface area (Å²) in [4.78, 5) is 19.9. The number of anilines is 6. The first-order chi connectivity index (χ1) is 35.7. The number of hydrogen-bond acceptors (Lipinski definition) is 6. The number of benzene rings is 10. The molecule has 0 amide bonds. The van der Waals surface area contributed by atoms with E-state index in [4.69, 9.17) is 15.0 Å². The van der Waals surface area contributed by atoms with E-state index in [1.807, 2.05) is 78.9 Å². The van der Waals surface area contributed by atoms with Crippen molar-refractivity contribution in [3.8, 4) is 57.0 Å². The Bertz CT molecular complexity index is 3960. The molecule has 0 bridgehead atoms. The summed E-state index contributed by atoms with van der Waals surface area (Å²) < 4.78 is 2.22. The molecule has 4 heterocycles. The van der Waals surface area contributed by atoms with Gasteiger partial charge in [-0.25, -0.2) is 15.0 Å². The van der Waals surface area contributed by atoms with E-state index in [0.29, 0.717) is 28.6 Å². The Morgan fingerprint density at radius 1 is 0.361 bits per heavy atom. The molecule has 2 aromatic heterocycles. The minimum atomic E-state index is 0.0225. The Hall–Kier alpha value is -9.84. The molecule has 2 aliphatic heterocycles. The molecule has 12 aromatic rings. The molecule has 0 aliphatic carbocycles. The van der Waals surface area contributed by atoms with E-state index in [0.717, 1.165) is 72.5 Å². The van der Waals surface area contributed by atoms with Crippen LogP contribution in [0.2, 0.25) is 0 Å². The molecule has 0 spiro atoms. The molecule has 14 rings (SSSR count). The molecule has 0 atom stereocenters. The highest BCUT2D eigenvalue weighted by Crippen LogP contribution is 2.47. The second-order valence-corrected chi connectivity index (χ2v) is 18.3. The third-order valence-electron chi connectivity index (χ3n) is 14.3. The third kappa shape index (κ3) is 6.49. The summed E-state index contributed by atoms with van der Waals surface area (Å²) in [6.45, 7) is 0.0225. The molecule has 7 nitrogen and oxygen atoms in total. The fourth-order valence-electron chi connectivity index (χ4n) is 11.1. The van der Waals surface area contributed by atoms with Gasteiger partial charge in [-0.1, -0.05) is 164 Å². The zero-order valence-corrected chi connectivity index (χ0v) is 38.8. The van der Waals surface area contributed by atoms with Crippen molar-refractivity contribution >= 4 is 79.0 Å². The Balaban J connectivity index is 0.980. The van der Waals surface area contributed by atoms with Crippen LogP contribution in [-0.4, -0.2) is 26.2 Å². The maximum absolute atomic E-state index is 11.2. The second-order valence-electron chi connectivity index (χ2n) is 18.3. The Labute approximate surface area is 416 Å². The maximum atomic E-state index is 11.2. The average Bonchev–Trinajstić information content (AvgIpc) is 3.79. The van der Waals surface area contributed by atoms with Gasteiger partial charge in [0.1, 0.15) is 6.07 Å². The minimum Gasteiger partial charge on any atom is -0.311 e. The molecular weight excluding hydrogens is 878 g/mol. The van der Waals surface area contributed by atoms with Crippen molar-refractivity contribution in [1.29, 1.82) is 5.26 Å². The summed E-state index contributed by atoms with van der Waals surface area (Å²) in [5.41, 5.74) is 18.4. The van der Waals surface area contributed by atoms with Crippen LogP contribution < -0.4 is 26.2 Å². The number of para-hydroxylation sites is 5. The summed E-state index contributed by atoms with van der Waals surface area (Å²) in [6, 6.07) is 87.7. The van der Waals surface area contributed by atoms with Crippen molar-refractivity contribution < 1.29 is 0 Å². The van der Waals surface area contributed by atoms with E-state index < -0.39 is 0 Å². The van der Waals surface area contributed by atoms with Crippen molar-refractivity contribution in [1.82, 2.24) is 19.5 Å². The lowest BCUT2D eigenvalue weighted by atomic mass is 9.33. The fraction of sp³-hybridized carbons (Fsp3) is 0. The number of rotatable bonds is 7. The van der Waals surface area contributed by atoms with E-state index in [1.165, 1.54) is 27.8 Å². The predicted molar refractivity (Wildman–Crippen MR) is 295 cm³/mol. The first-order valence-corrected chi connectivity index (χ1v) is 24.2. The summed E-state index contributed by atoms with van der Waals surface area (Å²) in [7, 11) is 0. The first kappa shape index (κ1) is 41.2. The minimum absolute atomic E-state index is 0.0225. The Morgan fingerprint density at radius 2 is 0.847 bits per heavy atom. The third-order valence-corrected chi connectivity index (χ3v) is 14.3. The van der Waals surface area contributed by atoms with Crippen LogP contribution in [0.5, 0.6) is 0 Å². The Kier molecular flexibility index (Phi) is 9.54. The topological polar surface area (TPSA) is 73.9 Å². The number of aromatic nitrogens is 4.